The molecule has 0 bridgehead atoms. The van der Waals surface area contributed by atoms with Crippen LogP contribution in [0.5, 0.6) is 0 Å². The van der Waals surface area contributed by atoms with Gasteiger partial charge in [0.05, 0.1) is 6.10 Å². The molecule has 0 saturated carbocycles. The Labute approximate surface area is 212 Å². The average Bonchev–Trinajstić information content (AvgIpc) is 3.25. The van der Waals surface area contributed by atoms with Crippen molar-refractivity contribution in [1.29, 1.82) is 0 Å². The molecule has 5 rings (SSSR count). The Balaban J connectivity index is 1.09. The molecule has 1 amide bonds. The molecule has 2 unspecified atom stereocenters. The fourth-order valence-corrected chi connectivity index (χ4v) is 5.47. The molecule has 6 heteroatoms. The van der Waals surface area contributed by atoms with E-state index in [4.69, 9.17) is 4.74 Å². The van der Waals surface area contributed by atoms with Crippen molar-refractivity contribution in [2.45, 2.75) is 43.3 Å². The normalized spacial score (nSPS) is 17.2. The first-order chi connectivity index (χ1) is 17.6. The third-order valence-electron chi connectivity index (χ3n) is 7.51. The van der Waals surface area contributed by atoms with Crippen molar-refractivity contribution < 1.29 is 19.7 Å². The van der Waals surface area contributed by atoms with Crippen LogP contribution in [0.2, 0.25) is 0 Å². The Morgan fingerprint density at radius 1 is 0.917 bits per heavy atom. The van der Waals surface area contributed by atoms with Crippen LogP contribution < -0.4 is 10.6 Å². The number of benzene rings is 3. The van der Waals surface area contributed by atoms with Crippen LogP contribution in [0.4, 0.5) is 4.79 Å². The summed E-state index contributed by atoms with van der Waals surface area (Å²) in [6, 6.07) is 24.3. The second-order valence-corrected chi connectivity index (χ2v) is 9.74. The fraction of sp³-hybridized carbons (Fsp3) is 0.367. The van der Waals surface area contributed by atoms with Gasteiger partial charge in [-0.25, -0.2) is 4.79 Å². The zero-order chi connectivity index (χ0) is 24.9. The van der Waals surface area contributed by atoms with Gasteiger partial charge in [-0.1, -0.05) is 72.8 Å². The lowest BCUT2D eigenvalue weighted by Gasteiger charge is -2.24. The number of rotatable bonds is 8. The lowest BCUT2D eigenvalue weighted by atomic mass is 9.89. The minimum atomic E-state index is -1.00. The van der Waals surface area contributed by atoms with Gasteiger partial charge in [-0.05, 0) is 71.7 Å². The van der Waals surface area contributed by atoms with E-state index in [2.05, 4.69) is 47.0 Å². The highest BCUT2D eigenvalue weighted by molar-refractivity contribution is 5.79. The highest BCUT2D eigenvalue weighted by atomic mass is 16.5. The van der Waals surface area contributed by atoms with Crippen molar-refractivity contribution in [3.63, 3.8) is 0 Å². The zero-order valence-electron chi connectivity index (χ0n) is 20.4. The fourth-order valence-electron chi connectivity index (χ4n) is 5.47. The first-order valence-electron chi connectivity index (χ1n) is 12.9. The Bertz CT molecular complexity index is 1130. The van der Waals surface area contributed by atoms with E-state index in [9.17, 15) is 15.0 Å². The van der Waals surface area contributed by atoms with Crippen molar-refractivity contribution in [3.05, 3.63) is 95.1 Å². The average molecular weight is 487 g/mol. The SMILES string of the molecule is O=C(NCCC(O)C(O)c1ccc(C2CCNCC2)cc1)OCC1c2ccccc2-c2ccccc21. The standard InChI is InChI=1S/C30H34N2O4/c33-28(29(34)22-11-9-20(10-12-22)21-13-16-31-17-14-21)15-18-32-30(35)36-19-27-25-7-3-1-5-23(25)24-6-2-4-8-26(24)27/h1-12,21,27-29,31,33-34H,13-19H2,(H,32,35). The van der Waals surface area contributed by atoms with Gasteiger partial charge in [0.15, 0.2) is 0 Å². The number of fused-ring (bicyclic) bond motifs is 3. The first kappa shape index (κ1) is 24.5. The van der Waals surface area contributed by atoms with Gasteiger partial charge in [0.1, 0.15) is 12.7 Å². The third kappa shape index (κ3) is 5.31. The first-order valence-corrected chi connectivity index (χ1v) is 12.9. The number of hydrogen-bond donors (Lipinski definition) is 4. The molecule has 0 aromatic heterocycles. The number of carbonyl (C=O) groups excluding carboxylic acids is 1. The monoisotopic (exact) mass is 486 g/mol. The number of carbonyl (C=O) groups is 1. The van der Waals surface area contributed by atoms with Crippen LogP contribution in [0.1, 0.15) is 59.5 Å². The summed E-state index contributed by atoms with van der Waals surface area (Å²) >= 11 is 0. The van der Waals surface area contributed by atoms with E-state index in [1.807, 2.05) is 36.4 Å². The van der Waals surface area contributed by atoms with E-state index >= 15 is 0 Å². The van der Waals surface area contributed by atoms with Crippen molar-refractivity contribution in [2.75, 3.05) is 26.2 Å². The molecule has 1 aliphatic heterocycles. The Kier molecular flexibility index (Phi) is 7.66. The number of nitrogens with one attached hydrogen (secondary N) is 2. The predicted octanol–water partition coefficient (Wildman–Crippen LogP) is 4.48. The molecule has 3 aromatic carbocycles. The van der Waals surface area contributed by atoms with Gasteiger partial charge in [0.2, 0.25) is 0 Å². The highest BCUT2D eigenvalue weighted by Crippen LogP contribution is 2.44. The molecular formula is C30H34N2O4. The molecule has 4 N–H and O–H groups in total. The van der Waals surface area contributed by atoms with Crippen LogP contribution in [0.15, 0.2) is 72.8 Å². The maximum absolute atomic E-state index is 12.4. The van der Waals surface area contributed by atoms with Crippen LogP contribution in [-0.2, 0) is 4.74 Å². The zero-order valence-corrected chi connectivity index (χ0v) is 20.4. The van der Waals surface area contributed by atoms with Crippen LogP contribution >= 0.6 is 0 Å². The summed E-state index contributed by atoms with van der Waals surface area (Å²) in [4.78, 5) is 12.4. The minimum Gasteiger partial charge on any atom is -0.449 e. The van der Waals surface area contributed by atoms with E-state index < -0.39 is 18.3 Å². The summed E-state index contributed by atoms with van der Waals surface area (Å²) < 4.78 is 5.54. The molecule has 1 saturated heterocycles. The van der Waals surface area contributed by atoms with Gasteiger partial charge >= 0.3 is 6.09 Å². The molecule has 2 atom stereocenters. The quantitative estimate of drug-likeness (QED) is 0.377. The van der Waals surface area contributed by atoms with Gasteiger partial charge in [-0.3, -0.25) is 0 Å². The largest absolute Gasteiger partial charge is 0.449 e. The van der Waals surface area contributed by atoms with Gasteiger partial charge in [-0.15, -0.1) is 0 Å². The van der Waals surface area contributed by atoms with Crippen LogP contribution in [0.3, 0.4) is 0 Å². The van der Waals surface area contributed by atoms with Gasteiger partial charge in [0, 0.05) is 12.5 Å². The summed E-state index contributed by atoms with van der Waals surface area (Å²) in [5.41, 5.74) is 6.65. The molecule has 1 heterocycles. The lowest BCUT2D eigenvalue weighted by Crippen LogP contribution is -2.30. The summed E-state index contributed by atoms with van der Waals surface area (Å²) in [5, 5.41) is 27.1. The Morgan fingerprint density at radius 2 is 1.53 bits per heavy atom. The smallest absolute Gasteiger partial charge is 0.407 e. The molecule has 1 aliphatic carbocycles. The summed E-state index contributed by atoms with van der Waals surface area (Å²) in [6.45, 7) is 2.52. The molecule has 1 fully saturated rings. The number of piperidine rings is 1. The number of amides is 1. The van der Waals surface area contributed by atoms with E-state index in [1.165, 1.54) is 16.7 Å². The summed E-state index contributed by atoms with van der Waals surface area (Å²) in [6.07, 6.45) is -0.0515. The number of alkyl carbamates (subject to hydrolysis) is 1. The molecule has 0 spiro atoms. The molecule has 2 aliphatic rings. The summed E-state index contributed by atoms with van der Waals surface area (Å²) in [5.74, 6) is 0.548. The molecular weight excluding hydrogens is 452 g/mol. The van der Waals surface area contributed by atoms with Crippen molar-refractivity contribution in [3.8, 4) is 11.1 Å². The van der Waals surface area contributed by atoms with Crippen LogP contribution in [0.25, 0.3) is 11.1 Å². The lowest BCUT2D eigenvalue weighted by molar-refractivity contribution is 0.0136. The number of aliphatic hydroxyl groups excluding tert-OH is 2. The highest BCUT2D eigenvalue weighted by Gasteiger charge is 2.29. The van der Waals surface area contributed by atoms with Gasteiger partial charge < -0.3 is 25.6 Å². The third-order valence-corrected chi connectivity index (χ3v) is 7.51. The van der Waals surface area contributed by atoms with Gasteiger partial charge in [0.25, 0.3) is 0 Å². The van der Waals surface area contributed by atoms with E-state index in [0.717, 1.165) is 37.1 Å². The predicted molar refractivity (Wildman–Crippen MR) is 140 cm³/mol. The van der Waals surface area contributed by atoms with E-state index in [0.29, 0.717) is 11.5 Å². The molecule has 0 radical (unpaired) electrons. The number of hydrogen-bond acceptors (Lipinski definition) is 5. The molecule has 36 heavy (non-hydrogen) atoms. The Hall–Kier alpha value is -3.19. The molecule has 188 valence electrons. The Morgan fingerprint density at radius 3 is 2.17 bits per heavy atom. The van der Waals surface area contributed by atoms with E-state index in [-0.39, 0.29) is 25.5 Å². The van der Waals surface area contributed by atoms with Crippen molar-refractivity contribution >= 4 is 6.09 Å². The van der Waals surface area contributed by atoms with Crippen LogP contribution in [-0.4, -0.2) is 48.7 Å². The maximum atomic E-state index is 12.4. The number of aliphatic hydroxyl groups is 2. The maximum Gasteiger partial charge on any atom is 0.407 e. The second kappa shape index (κ2) is 11.2. The van der Waals surface area contributed by atoms with Crippen molar-refractivity contribution in [2.24, 2.45) is 0 Å². The second-order valence-electron chi connectivity index (χ2n) is 9.74. The van der Waals surface area contributed by atoms with Crippen LogP contribution in [0, 0.1) is 0 Å². The minimum absolute atomic E-state index is 0.00315. The van der Waals surface area contributed by atoms with Gasteiger partial charge in [-0.2, -0.15) is 0 Å². The summed E-state index contributed by atoms with van der Waals surface area (Å²) in [7, 11) is 0. The molecule has 3 aromatic rings. The number of ether oxygens (including phenoxy) is 1. The van der Waals surface area contributed by atoms with E-state index in [1.54, 1.807) is 0 Å². The topological polar surface area (TPSA) is 90.8 Å². The molecule has 6 nitrogen and oxygen atoms in total. The van der Waals surface area contributed by atoms with Crippen molar-refractivity contribution in [1.82, 2.24) is 10.6 Å².